The van der Waals surface area contributed by atoms with Crippen molar-refractivity contribution in [2.75, 3.05) is 36.0 Å². The van der Waals surface area contributed by atoms with Crippen molar-refractivity contribution < 1.29 is 19.5 Å². The van der Waals surface area contributed by atoms with Crippen molar-refractivity contribution in [1.82, 2.24) is 4.90 Å². The normalized spacial score (nSPS) is 26.5. The zero-order valence-corrected chi connectivity index (χ0v) is 27.7. The molecule has 240 valence electrons. The number of benzene rings is 2. The van der Waals surface area contributed by atoms with Crippen molar-refractivity contribution in [2.45, 2.75) is 68.9 Å². The first kappa shape index (κ1) is 33.0. The molecule has 45 heavy (non-hydrogen) atoms. The van der Waals surface area contributed by atoms with E-state index in [2.05, 4.69) is 20.1 Å². The number of hydrogen-bond donors (Lipinski definition) is 1. The highest BCUT2D eigenvalue weighted by Crippen LogP contribution is 2.69. The van der Waals surface area contributed by atoms with Crippen LogP contribution in [-0.4, -0.2) is 70.0 Å². The van der Waals surface area contributed by atoms with Crippen LogP contribution in [0.3, 0.4) is 0 Å². The second-order valence-corrected chi connectivity index (χ2v) is 14.3. The van der Waals surface area contributed by atoms with E-state index in [0.717, 1.165) is 48.2 Å². The molecule has 8 heteroatoms. The molecule has 3 aliphatic heterocycles. The summed E-state index contributed by atoms with van der Waals surface area (Å²) in [4.78, 5) is 49.7. The van der Waals surface area contributed by atoms with Gasteiger partial charge in [0.05, 0.1) is 16.6 Å². The minimum absolute atomic E-state index is 0.0486. The molecule has 3 saturated heterocycles. The summed E-state index contributed by atoms with van der Waals surface area (Å²) in [6.07, 6.45) is 7.41. The number of para-hydroxylation sites is 2. The summed E-state index contributed by atoms with van der Waals surface area (Å²) in [5.41, 5.74) is 3.62. The SMILES string of the molecule is C=CCN(C(=O)[C@@H]1[C@H]2C(=O)N(CCCCCCO)C(C(=O)N(CC=C)c3c(C)cccc3C)C23S[C@@H]1CC3C)c1ccccc1. The van der Waals surface area contributed by atoms with Crippen molar-refractivity contribution in [1.29, 1.82) is 0 Å². The van der Waals surface area contributed by atoms with Crippen LogP contribution in [-0.2, 0) is 14.4 Å². The maximum absolute atomic E-state index is 15.1. The van der Waals surface area contributed by atoms with Crippen LogP contribution >= 0.6 is 11.8 Å². The Balaban J connectivity index is 1.58. The number of likely N-dealkylation sites (tertiary alicyclic amines) is 1. The van der Waals surface area contributed by atoms with Crippen molar-refractivity contribution in [3.8, 4) is 0 Å². The first-order chi connectivity index (χ1) is 21.7. The van der Waals surface area contributed by atoms with Crippen molar-refractivity contribution in [3.63, 3.8) is 0 Å². The Kier molecular flexibility index (Phi) is 10.2. The Labute approximate surface area is 272 Å². The molecule has 1 N–H and O–H groups in total. The standard InChI is InChI=1S/C37H47N3O4S/c1-6-20-38(28-18-11-10-12-19-28)34(42)30-29-24-27(5)37(45-29)31(30)35(43)40(22-13-8-9-14-23-41)33(37)36(44)39(21-7-2)32-25(3)16-15-17-26(32)4/h6-7,10-12,15-19,27,29-31,33,41H,1-2,8-9,13-14,20-24H2,3-5H3/t27?,29-,30+,31+,33?,37?/m1/s1. The highest BCUT2D eigenvalue weighted by Gasteiger charge is 2.76. The van der Waals surface area contributed by atoms with Crippen molar-refractivity contribution in [2.24, 2.45) is 17.8 Å². The molecule has 3 aliphatic rings. The number of thioether (sulfide) groups is 1. The summed E-state index contributed by atoms with van der Waals surface area (Å²) in [6.45, 7) is 15.3. The molecule has 2 bridgehead atoms. The number of rotatable bonds is 14. The zero-order valence-electron chi connectivity index (χ0n) is 26.9. The number of aryl methyl sites for hydroxylation is 2. The zero-order chi connectivity index (χ0) is 32.3. The highest BCUT2D eigenvalue weighted by molar-refractivity contribution is 8.02. The number of unbranched alkanes of at least 4 members (excludes halogenated alkanes) is 3. The Bertz CT molecular complexity index is 1410. The highest BCUT2D eigenvalue weighted by atomic mass is 32.2. The molecule has 3 fully saturated rings. The topological polar surface area (TPSA) is 81.2 Å². The molecule has 7 nitrogen and oxygen atoms in total. The summed E-state index contributed by atoms with van der Waals surface area (Å²) < 4.78 is -0.712. The maximum Gasteiger partial charge on any atom is 0.251 e. The average molecular weight is 630 g/mol. The van der Waals surface area contributed by atoms with Crippen LogP contribution in [0.2, 0.25) is 0 Å². The number of aliphatic hydroxyl groups excluding tert-OH is 1. The molecule has 3 unspecified atom stereocenters. The van der Waals surface area contributed by atoms with E-state index >= 15 is 4.79 Å². The molecule has 6 atom stereocenters. The third-order valence-corrected chi connectivity index (χ3v) is 12.1. The van der Waals surface area contributed by atoms with Gasteiger partial charge in [-0.25, -0.2) is 0 Å². The number of nitrogens with zero attached hydrogens (tertiary/aromatic N) is 3. The van der Waals surface area contributed by atoms with E-state index in [0.29, 0.717) is 26.1 Å². The maximum atomic E-state index is 15.1. The fraction of sp³-hybridized carbons (Fsp3) is 0.486. The van der Waals surface area contributed by atoms with E-state index in [1.54, 1.807) is 28.8 Å². The van der Waals surface area contributed by atoms with Crippen LogP contribution < -0.4 is 9.80 Å². The lowest BCUT2D eigenvalue weighted by atomic mass is 9.65. The van der Waals surface area contributed by atoms with Gasteiger partial charge in [0.25, 0.3) is 5.91 Å². The van der Waals surface area contributed by atoms with Crippen LogP contribution in [0.5, 0.6) is 0 Å². The molecule has 3 amide bonds. The summed E-state index contributed by atoms with van der Waals surface area (Å²) in [6, 6.07) is 14.9. The second kappa shape index (κ2) is 14.0. The van der Waals surface area contributed by atoms with Crippen molar-refractivity contribution >= 4 is 40.9 Å². The van der Waals surface area contributed by atoms with Gasteiger partial charge in [-0.1, -0.05) is 68.3 Å². The molecule has 0 aromatic heterocycles. The number of aliphatic hydroxyl groups is 1. The van der Waals surface area contributed by atoms with Crippen molar-refractivity contribution in [3.05, 3.63) is 85.0 Å². The molecule has 2 aromatic rings. The van der Waals surface area contributed by atoms with Gasteiger partial charge in [0, 0.05) is 42.9 Å². The fourth-order valence-electron chi connectivity index (χ4n) is 8.11. The number of fused-ring (bicyclic) bond motifs is 1. The Morgan fingerprint density at radius 1 is 0.956 bits per heavy atom. The van der Waals surface area contributed by atoms with E-state index in [1.807, 2.05) is 72.2 Å². The smallest absolute Gasteiger partial charge is 0.251 e. The van der Waals surface area contributed by atoms with Crippen LogP contribution in [0.25, 0.3) is 0 Å². The van der Waals surface area contributed by atoms with Gasteiger partial charge in [-0.15, -0.1) is 24.9 Å². The average Bonchev–Trinajstić information content (AvgIpc) is 3.62. The first-order valence-electron chi connectivity index (χ1n) is 16.3. The number of carbonyl (C=O) groups is 3. The predicted molar refractivity (Wildman–Crippen MR) is 183 cm³/mol. The van der Waals surface area contributed by atoms with Gasteiger partial charge in [0.15, 0.2) is 0 Å². The van der Waals surface area contributed by atoms with Gasteiger partial charge in [-0.2, -0.15) is 0 Å². The van der Waals surface area contributed by atoms with Gasteiger partial charge in [-0.05, 0) is 62.3 Å². The van der Waals surface area contributed by atoms with Crippen LogP contribution in [0.1, 0.15) is 50.2 Å². The predicted octanol–water partition coefficient (Wildman–Crippen LogP) is 5.93. The number of carbonyl (C=O) groups excluding carboxylic acids is 3. The number of hydrogen-bond acceptors (Lipinski definition) is 5. The molecule has 3 heterocycles. The number of anilines is 2. The first-order valence-corrected chi connectivity index (χ1v) is 17.2. The summed E-state index contributed by atoms with van der Waals surface area (Å²) in [5.74, 6) is -1.29. The summed E-state index contributed by atoms with van der Waals surface area (Å²) in [7, 11) is 0. The van der Waals surface area contributed by atoms with Crippen LogP contribution in [0.4, 0.5) is 11.4 Å². The lowest BCUT2D eigenvalue weighted by Gasteiger charge is -2.41. The largest absolute Gasteiger partial charge is 0.396 e. The molecule has 5 rings (SSSR count). The van der Waals surface area contributed by atoms with Gasteiger partial charge >= 0.3 is 0 Å². The minimum Gasteiger partial charge on any atom is -0.396 e. The lowest BCUT2D eigenvalue weighted by molar-refractivity contribution is -0.139. The fourth-order valence-corrected chi connectivity index (χ4v) is 10.5. The second-order valence-electron chi connectivity index (χ2n) is 12.8. The van der Waals surface area contributed by atoms with Gasteiger partial charge in [0.2, 0.25) is 11.8 Å². The molecule has 0 aliphatic carbocycles. The molecular formula is C37H47N3O4S. The van der Waals surface area contributed by atoms with E-state index in [9.17, 15) is 14.7 Å². The summed E-state index contributed by atoms with van der Waals surface area (Å²) in [5, 5.41) is 9.24. The third-order valence-electron chi connectivity index (χ3n) is 10.0. The quantitative estimate of drug-likeness (QED) is 0.207. The monoisotopic (exact) mass is 629 g/mol. The summed E-state index contributed by atoms with van der Waals surface area (Å²) >= 11 is 1.71. The molecule has 0 saturated carbocycles. The Morgan fingerprint density at radius 2 is 1.60 bits per heavy atom. The minimum atomic E-state index is -0.712. The molecule has 1 spiro atoms. The van der Waals surface area contributed by atoms with Gasteiger partial charge < -0.3 is 19.8 Å². The Morgan fingerprint density at radius 3 is 2.24 bits per heavy atom. The van der Waals surface area contributed by atoms with Crippen LogP contribution in [0, 0.1) is 31.6 Å². The Hall–Kier alpha value is -3.36. The van der Waals surface area contributed by atoms with Gasteiger partial charge in [-0.3, -0.25) is 14.4 Å². The van der Waals surface area contributed by atoms with E-state index in [-0.39, 0.29) is 35.5 Å². The van der Waals surface area contributed by atoms with Crippen LogP contribution in [0.15, 0.2) is 73.8 Å². The third kappa shape index (κ3) is 5.76. The molecule has 2 aromatic carbocycles. The molecule has 0 radical (unpaired) electrons. The van der Waals surface area contributed by atoms with E-state index < -0.39 is 22.6 Å². The lowest BCUT2D eigenvalue weighted by Crippen LogP contribution is -2.58. The van der Waals surface area contributed by atoms with Gasteiger partial charge in [0.1, 0.15) is 6.04 Å². The number of amides is 3. The molecular weight excluding hydrogens is 582 g/mol. The van der Waals surface area contributed by atoms with E-state index in [1.165, 1.54) is 0 Å². The van der Waals surface area contributed by atoms with E-state index in [4.69, 9.17) is 0 Å².